The van der Waals surface area contributed by atoms with E-state index in [4.69, 9.17) is 0 Å². The van der Waals surface area contributed by atoms with Gasteiger partial charge in [0.25, 0.3) is 5.91 Å². The Hall–Kier alpha value is -3.07. The average Bonchev–Trinajstić information content (AvgIpc) is 2.75. The molecule has 0 atom stereocenters. The van der Waals surface area contributed by atoms with E-state index in [0.717, 1.165) is 30.5 Å². The fourth-order valence-corrected chi connectivity index (χ4v) is 3.23. The third-order valence-corrected chi connectivity index (χ3v) is 5.10. The van der Waals surface area contributed by atoms with E-state index >= 15 is 0 Å². The summed E-state index contributed by atoms with van der Waals surface area (Å²) in [6, 6.07) is 12.5. The first-order valence-electron chi connectivity index (χ1n) is 9.50. The Kier molecular flexibility index (Phi) is 9.14. The lowest BCUT2D eigenvalue weighted by Gasteiger charge is -2.21. The van der Waals surface area contributed by atoms with Gasteiger partial charge in [-0.05, 0) is 62.4 Å². The summed E-state index contributed by atoms with van der Waals surface area (Å²) in [4.78, 5) is 38.0. The number of hydrazine groups is 1. The number of halogens is 1. The molecule has 2 aromatic rings. The Bertz CT molecular complexity index is 856. The molecule has 30 heavy (non-hydrogen) atoms. The summed E-state index contributed by atoms with van der Waals surface area (Å²) in [5, 5.41) is 2.60. The SMILES string of the molecule is CCN(CC)c1ccc(C(=O)NNC(=O)CSCC(=O)Nc2ccc(F)cc2)cc1. The van der Waals surface area contributed by atoms with Crippen molar-refractivity contribution >= 4 is 40.9 Å². The molecule has 9 heteroatoms. The second-order valence-electron chi connectivity index (χ2n) is 6.27. The number of carbonyl (C=O) groups is 3. The van der Waals surface area contributed by atoms with E-state index in [1.165, 1.54) is 24.3 Å². The van der Waals surface area contributed by atoms with E-state index < -0.39 is 11.8 Å². The van der Waals surface area contributed by atoms with Crippen molar-refractivity contribution in [3.05, 3.63) is 59.9 Å². The van der Waals surface area contributed by atoms with Crippen molar-refractivity contribution in [2.24, 2.45) is 0 Å². The highest BCUT2D eigenvalue weighted by Crippen LogP contribution is 2.14. The van der Waals surface area contributed by atoms with Gasteiger partial charge in [-0.3, -0.25) is 25.2 Å². The number of anilines is 2. The highest BCUT2D eigenvalue weighted by atomic mass is 32.2. The molecule has 0 radical (unpaired) electrons. The second kappa shape index (κ2) is 11.8. The highest BCUT2D eigenvalue weighted by Gasteiger charge is 2.10. The van der Waals surface area contributed by atoms with Gasteiger partial charge < -0.3 is 10.2 Å². The summed E-state index contributed by atoms with van der Waals surface area (Å²) in [7, 11) is 0. The van der Waals surface area contributed by atoms with E-state index in [1.54, 1.807) is 12.1 Å². The normalized spacial score (nSPS) is 10.2. The molecule has 0 aromatic heterocycles. The smallest absolute Gasteiger partial charge is 0.269 e. The molecular weight excluding hydrogens is 407 g/mol. The second-order valence-corrected chi connectivity index (χ2v) is 7.25. The Morgan fingerprint density at radius 3 is 2.07 bits per heavy atom. The molecule has 0 aliphatic heterocycles. The predicted octanol–water partition coefficient (Wildman–Crippen LogP) is 2.80. The van der Waals surface area contributed by atoms with Crippen LogP contribution < -0.4 is 21.1 Å². The maximum atomic E-state index is 12.8. The molecular formula is C21H25FN4O3S. The van der Waals surface area contributed by atoms with Crippen LogP contribution in [-0.4, -0.2) is 42.3 Å². The minimum absolute atomic E-state index is 0.00197. The first-order valence-corrected chi connectivity index (χ1v) is 10.7. The maximum absolute atomic E-state index is 12.8. The topological polar surface area (TPSA) is 90.5 Å². The van der Waals surface area contributed by atoms with Crippen LogP contribution in [0.4, 0.5) is 15.8 Å². The zero-order valence-corrected chi connectivity index (χ0v) is 17.7. The summed E-state index contributed by atoms with van der Waals surface area (Å²) in [6.07, 6.45) is 0. The van der Waals surface area contributed by atoms with Gasteiger partial charge in [0.15, 0.2) is 0 Å². The van der Waals surface area contributed by atoms with E-state index in [9.17, 15) is 18.8 Å². The van der Waals surface area contributed by atoms with Gasteiger partial charge in [0, 0.05) is 30.0 Å². The van der Waals surface area contributed by atoms with Crippen LogP contribution in [0.1, 0.15) is 24.2 Å². The molecule has 0 bridgehead atoms. The van der Waals surface area contributed by atoms with Gasteiger partial charge in [-0.15, -0.1) is 11.8 Å². The fraction of sp³-hybridized carbons (Fsp3) is 0.286. The minimum atomic E-state index is -0.428. The molecule has 3 N–H and O–H groups in total. The molecule has 0 unspecified atom stereocenters. The molecule has 7 nitrogen and oxygen atoms in total. The number of benzene rings is 2. The van der Waals surface area contributed by atoms with Gasteiger partial charge in [-0.1, -0.05) is 0 Å². The average molecular weight is 433 g/mol. The molecule has 0 fully saturated rings. The van der Waals surface area contributed by atoms with Crippen LogP contribution in [0.25, 0.3) is 0 Å². The number of carbonyl (C=O) groups excluding carboxylic acids is 3. The summed E-state index contributed by atoms with van der Waals surface area (Å²) in [5.41, 5.74) is 6.61. The molecule has 0 saturated carbocycles. The van der Waals surface area contributed by atoms with E-state index in [1.807, 2.05) is 12.1 Å². The van der Waals surface area contributed by atoms with Crippen LogP contribution in [0, 0.1) is 5.82 Å². The Balaban J connectivity index is 1.69. The Labute approximate surface area is 179 Å². The van der Waals surface area contributed by atoms with Crippen molar-refractivity contribution in [1.29, 1.82) is 0 Å². The van der Waals surface area contributed by atoms with Crippen molar-refractivity contribution in [3.8, 4) is 0 Å². The first kappa shape index (κ1) is 23.2. The Morgan fingerprint density at radius 1 is 0.867 bits per heavy atom. The van der Waals surface area contributed by atoms with E-state index in [2.05, 4.69) is 34.9 Å². The molecule has 0 spiro atoms. The van der Waals surface area contributed by atoms with Gasteiger partial charge in [0.05, 0.1) is 11.5 Å². The number of hydrogen-bond acceptors (Lipinski definition) is 5. The van der Waals surface area contributed by atoms with Crippen molar-refractivity contribution in [2.45, 2.75) is 13.8 Å². The van der Waals surface area contributed by atoms with Gasteiger partial charge in [0.2, 0.25) is 11.8 Å². The summed E-state index contributed by atoms with van der Waals surface area (Å²) < 4.78 is 12.8. The summed E-state index contributed by atoms with van der Waals surface area (Å²) in [5.74, 6) is -1.50. The van der Waals surface area contributed by atoms with Crippen LogP contribution in [-0.2, 0) is 9.59 Å². The third kappa shape index (κ3) is 7.40. The molecule has 0 heterocycles. The predicted molar refractivity (Wildman–Crippen MR) is 118 cm³/mol. The fourth-order valence-electron chi connectivity index (χ4n) is 2.61. The lowest BCUT2D eigenvalue weighted by atomic mass is 10.2. The summed E-state index contributed by atoms with van der Waals surface area (Å²) >= 11 is 1.09. The number of amides is 3. The highest BCUT2D eigenvalue weighted by molar-refractivity contribution is 8.00. The lowest BCUT2D eigenvalue weighted by Crippen LogP contribution is -2.42. The van der Waals surface area contributed by atoms with E-state index in [-0.39, 0.29) is 23.2 Å². The largest absolute Gasteiger partial charge is 0.372 e. The van der Waals surface area contributed by atoms with Gasteiger partial charge >= 0.3 is 0 Å². The third-order valence-electron chi connectivity index (χ3n) is 4.17. The zero-order valence-electron chi connectivity index (χ0n) is 16.9. The molecule has 2 rings (SSSR count). The van der Waals surface area contributed by atoms with Gasteiger partial charge in [-0.2, -0.15) is 0 Å². The van der Waals surface area contributed by atoms with Crippen molar-refractivity contribution in [3.63, 3.8) is 0 Å². The number of nitrogens with one attached hydrogen (secondary N) is 3. The van der Waals surface area contributed by atoms with E-state index in [0.29, 0.717) is 11.3 Å². The number of hydrogen-bond donors (Lipinski definition) is 3. The molecule has 0 saturated heterocycles. The van der Waals surface area contributed by atoms with Crippen LogP contribution in [0.2, 0.25) is 0 Å². The first-order chi connectivity index (χ1) is 14.4. The molecule has 2 aromatic carbocycles. The number of nitrogens with zero attached hydrogens (tertiary/aromatic N) is 1. The van der Waals surface area contributed by atoms with Crippen LogP contribution >= 0.6 is 11.8 Å². The summed E-state index contributed by atoms with van der Waals surface area (Å²) in [6.45, 7) is 5.86. The van der Waals surface area contributed by atoms with Gasteiger partial charge in [0.1, 0.15) is 5.82 Å². The van der Waals surface area contributed by atoms with Crippen LogP contribution in [0.15, 0.2) is 48.5 Å². The lowest BCUT2D eigenvalue weighted by molar-refractivity contribution is -0.119. The molecule has 0 aliphatic carbocycles. The minimum Gasteiger partial charge on any atom is -0.372 e. The Morgan fingerprint density at radius 2 is 1.47 bits per heavy atom. The van der Waals surface area contributed by atoms with Crippen LogP contribution in [0.3, 0.4) is 0 Å². The number of thioether (sulfide) groups is 1. The molecule has 3 amide bonds. The van der Waals surface area contributed by atoms with Gasteiger partial charge in [-0.25, -0.2) is 4.39 Å². The monoisotopic (exact) mass is 432 g/mol. The zero-order chi connectivity index (χ0) is 21.9. The van der Waals surface area contributed by atoms with Crippen LogP contribution in [0.5, 0.6) is 0 Å². The standard InChI is InChI=1S/C21H25FN4O3S/c1-3-26(4-2)18-11-5-15(6-12-18)21(29)25-24-20(28)14-30-13-19(27)23-17-9-7-16(22)8-10-17/h5-12H,3-4,13-14H2,1-2H3,(H,23,27)(H,24,28)(H,25,29). The quantitative estimate of drug-likeness (QED) is 0.530. The van der Waals surface area contributed by atoms with Crippen molar-refractivity contribution in [2.75, 3.05) is 34.8 Å². The maximum Gasteiger partial charge on any atom is 0.269 e. The molecule has 160 valence electrons. The molecule has 0 aliphatic rings. The number of rotatable bonds is 9. The van der Waals surface area contributed by atoms with Crippen molar-refractivity contribution in [1.82, 2.24) is 10.9 Å². The van der Waals surface area contributed by atoms with Crippen molar-refractivity contribution < 1.29 is 18.8 Å².